The molecule has 0 amide bonds. The van der Waals surface area contributed by atoms with Crippen LogP contribution >= 0.6 is 11.6 Å². The summed E-state index contributed by atoms with van der Waals surface area (Å²) in [5.74, 6) is 0. The van der Waals surface area contributed by atoms with E-state index in [4.69, 9.17) is 11.6 Å². The maximum atomic E-state index is 5.99. The molecule has 0 aliphatic carbocycles. The molecule has 1 unspecified atom stereocenters. The molecule has 0 aromatic heterocycles. The molecule has 0 saturated carbocycles. The van der Waals surface area contributed by atoms with Gasteiger partial charge in [-0.3, -0.25) is 0 Å². The van der Waals surface area contributed by atoms with Crippen LogP contribution in [0, 0.1) is 0 Å². The zero-order chi connectivity index (χ0) is 12.8. The van der Waals surface area contributed by atoms with E-state index in [-0.39, 0.29) is 0 Å². The first-order chi connectivity index (χ1) is 8.74. The molecule has 1 aliphatic rings. The van der Waals surface area contributed by atoms with Gasteiger partial charge < -0.3 is 10.2 Å². The Morgan fingerprint density at radius 1 is 1.44 bits per heavy atom. The minimum atomic E-state index is 0.768. The second-order valence-electron chi connectivity index (χ2n) is 5.30. The minimum Gasteiger partial charge on any atom is -0.314 e. The monoisotopic (exact) mass is 266 g/mol. The zero-order valence-electron chi connectivity index (χ0n) is 11.2. The third-order valence-corrected chi connectivity index (χ3v) is 3.83. The van der Waals surface area contributed by atoms with Crippen LogP contribution in [0.3, 0.4) is 0 Å². The Kier molecular flexibility index (Phi) is 5.48. The van der Waals surface area contributed by atoms with Crippen LogP contribution in [0.5, 0.6) is 0 Å². The lowest BCUT2D eigenvalue weighted by Gasteiger charge is -2.18. The molecular weight excluding hydrogens is 244 g/mol. The van der Waals surface area contributed by atoms with Crippen LogP contribution in [0.4, 0.5) is 0 Å². The molecule has 0 spiro atoms. The molecule has 2 nitrogen and oxygen atoms in total. The lowest BCUT2D eigenvalue weighted by Crippen LogP contribution is -2.24. The average molecular weight is 267 g/mol. The highest BCUT2D eigenvalue weighted by molar-refractivity contribution is 6.30. The SMILES string of the molecule is CN(CCCC1CCCN1)Cc1cccc(Cl)c1. The van der Waals surface area contributed by atoms with Gasteiger partial charge in [0, 0.05) is 17.6 Å². The topological polar surface area (TPSA) is 15.3 Å². The van der Waals surface area contributed by atoms with Crippen molar-refractivity contribution in [1.82, 2.24) is 10.2 Å². The molecule has 3 heteroatoms. The van der Waals surface area contributed by atoms with Gasteiger partial charge in [-0.1, -0.05) is 23.7 Å². The van der Waals surface area contributed by atoms with Crippen molar-refractivity contribution in [2.24, 2.45) is 0 Å². The van der Waals surface area contributed by atoms with Crippen molar-refractivity contribution < 1.29 is 0 Å². The van der Waals surface area contributed by atoms with Gasteiger partial charge in [-0.05, 0) is 63.5 Å². The Labute approximate surface area is 115 Å². The Morgan fingerprint density at radius 3 is 3.06 bits per heavy atom. The Hall–Kier alpha value is -0.570. The smallest absolute Gasteiger partial charge is 0.0409 e. The highest BCUT2D eigenvalue weighted by atomic mass is 35.5. The van der Waals surface area contributed by atoms with Gasteiger partial charge in [0.2, 0.25) is 0 Å². The Bertz CT molecular complexity index is 361. The standard InChI is InChI=1S/C15H23ClN2/c1-18(10-4-8-15-7-3-9-17-15)12-13-5-2-6-14(16)11-13/h2,5-6,11,15,17H,3-4,7-10,12H2,1H3. The van der Waals surface area contributed by atoms with E-state index >= 15 is 0 Å². The van der Waals surface area contributed by atoms with E-state index in [9.17, 15) is 0 Å². The van der Waals surface area contributed by atoms with Gasteiger partial charge in [0.05, 0.1) is 0 Å². The van der Waals surface area contributed by atoms with Crippen LogP contribution in [-0.2, 0) is 6.54 Å². The maximum Gasteiger partial charge on any atom is 0.0409 e. The summed E-state index contributed by atoms with van der Waals surface area (Å²) in [7, 11) is 2.18. The van der Waals surface area contributed by atoms with Crippen LogP contribution in [-0.4, -0.2) is 31.1 Å². The Balaban J connectivity index is 1.66. The van der Waals surface area contributed by atoms with Gasteiger partial charge in [0.1, 0.15) is 0 Å². The first kappa shape index (κ1) is 13.9. The molecule has 1 aromatic rings. The molecule has 1 aliphatic heterocycles. The highest BCUT2D eigenvalue weighted by Crippen LogP contribution is 2.14. The number of nitrogens with zero attached hydrogens (tertiary/aromatic N) is 1. The summed E-state index contributed by atoms with van der Waals surface area (Å²) in [6.45, 7) is 3.35. The second-order valence-corrected chi connectivity index (χ2v) is 5.74. The third-order valence-electron chi connectivity index (χ3n) is 3.60. The minimum absolute atomic E-state index is 0.768. The fourth-order valence-corrected chi connectivity index (χ4v) is 2.85. The lowest BCUT2D eigenvalue weighted by atomic mass is 10.1. The number of benzene rings is 1. The fourth-order valence-electron chi connectivity index (χ4n) is 2.64. The number of rotatable bonds is 6. The molecule has 1 fully saturated rings. The predicted molar refractivity (Wildman–Crippen MR) is 78.0 cm³/mol. The quantitative estimate of drug-likeness (QED) is 0.850. The van der Waals surface area contributed by atoms with Gasteiger partial charge in [0.15, 0.2) is 0 Å². The van der Waals surface area contributed by atoms with E-state index in [0.717, 1.165) is 24.2 Å². The highest BCUT2D eigenvalue weighted by Gasteiger charge is 2.13. The molecule has 2 rings (SSSR count). The summed E-state index contributed by atoms with van der Waals surface area (Å²) in [4.78, 5) is 2.38. The van der Waals surface area contributed by atoms with E-state index in [1.54, 1.807) is 0 Å². The van der Waals surface area contributed by atoms with E-state index < -0.39 is 0 Å². The normalized spacial score (nSPS) is 19.6. The molecular formula is C15H23ClN2. The van der Waals surface area contributed by atoms with Crippen LogP contribution in [0.15, 0.2) is 24.3 Å². The third kappa shape index (κ3) is 4.60. The van der Waals surface area contributed by atoms with Gasteiger partial charge in [-0.15, -0.1) is 0 Å². The van der Waals surface area contributed by atoms with Crippen molar-refractivity contribution in [3.05, 3.63) is 34.9 Å². The second kappa shape index (κ2) is 7.13. The van der Waals surface area contributed by atoms with Gasteiger partial charge in [0.25, 0.3) is 0 Å². The summed E-state index contributed by atoms with van der Waals surface area (Å²) < 4.78 is 0. The van der Waals surface area contributed by atoms with Crippen LogP contribution in [0.25, 0.3) is 0 Å². The molecule has 1 atom stereocenters. The first-order valence-electron chi connectivity index (χ1n) is 6.90. The van der Waals surface area contributed by atoms with E-state index in [2.05, 4.69) is 29.4 Å². The predicted octanol–water partition coefficient (Wildman–Crippen LogP) is 3.30. The number of hydrogen-bond donors (Lipinski definition) is 1. The summed E-state index contributed by atoms with van der Waals surface area (Å²) in [6.07, 6.45) is 5.29. The summed E-state index contributed by atoms with van der Waals surface area (Å²) in [5, 5.41) is 4.38. The first-order valence-corrected chi connectivity index (χ1v) is 7.28. The van der Waals surface area contributed by atoms with E-state index in [1.807, 2.05) is 12.1 Å². The van der Waals surface area contributed by atoms with Crippen LogP contribution in [0.1, 0.15) is 31.2 Å². The van der Waals surface area contributed by atoms with Crippen molar-refractivity contribution >= 4 is 11.6 Å². The van der Waals surface area contributed by atoms with Crippen LogP contribution in [0.2, 0.25) is 5.02 Å². The maximum absolute atomic E-state index is 5.99. The van der Waals surface area contributed by atoms with Crippen molar-refractivity contribution in [2.45, 2.75) is 38.3 Å². The molecule has 100 valence electrons. The summed E-state index contributed by atoms with van der Waals surface area (Å²) in [5.41, 5.74) is 1.30. The molecule has 1 aromatic carbocycles. The van der Waals surface area contributed by atoms with Crippen molar-refractivity contribution in [3.63, 3.8) is 0 Å². The molecule has 18 heavy (non-hydrogen) atoms. The molecule has 1 heterocycles. The van der Waals surface area contributed by atoms with Crippen LogP contribution < -0.4 is 5.32 Å². The number of halogens is 1. The van der Waals surface area contributed by atoms with Crippen molar-refractivity contribution in [2.75, 3.05) is 20.1 Å². The molecule has 0 bridgehead atoms. The molecule has 1 N–H and O–H groups in total. The van der Waals surface area contributed by atoms with Gasteiger partial charge in [-0.25, -0.2) is 0 Å². The van der Waals surface area contributed by atoms with Gasteiger partial charge >= 0.3 is 0 Å². The summed E-state index contributed by atoms with van der Waals surface area (Å²) >= 11 is 5.99. The average Bonchev–Trinajstić information content (AvgIpc) is 2.82. The fraction of sp³-hybridized carbons (Fsp3) is 0.600. The largest absolute Gasteiger partial charge is 0.314 e. The van der Waals surface area contributed by atoms with E-state index in [1.165, 1.54) is 37.8 Å². The van der Waals surface area contributed by atoms with E-state index in [0.29, 0.717) is 0 Å². The lowest BCUT2D eigenvalue weighted by molar-refractivity contribution is 0.311. The number of nitrogens with one attached hydrogen (secondary N) is 1. The Morgan fingerprint density at radius 2 is 2.33 bits per heavy atom. The zero-order valence-corrected chi connectivity index (χ0v) is 11.9. The molecule has 1 saturated heterocycles. The van der Waals surface area contributed by atoms with Crippen molar-refractivity contribution in [3.8, 4) is 0 Å². The summed E-state index contributed by atoms with van der Waals surface area (Å²) in [6, 6.07) is 8.91. The molecule has 0 radical (unpaired) electrons. The van der Waals surface area contributed by atoms with Gasteiger partial charge in [-0.2, -0.15) is 0 Å². The van der Waals surface area contributed by atoms with Crippen molar-refractivity contribution in [1.29, 1.82) is 0 Å². The number of hydrogen-bond acceptors (Lipinski definition) is 2.